The Bertz CT molecular complexity index is 1140. The Hall–Kier alpha value is -1.89. The van der Waals surface area contributed by atoms with Gasteiger partial charge in [-0.1, -0.05) is 48.5 Å². The molecule has 1 heterocycles. The minimum absolute atomic E-state index is 0.518. The molecule has 3 nitrogen and oxygen atoms in total. The molecule has 0 saturated heterocycles. The molecular weight excluding hydrogens is 480 g/mol. The van der Waals surface area contributed by atoms with Gasteiger partial charge < -0.3 is 8.37 Å². The molecule has 0 atom stereocenters. The highest BCUT2D eigenvalue weighted by molar-refractivity contribution is 9.11. The summed E-state index contributed by atoms with van der Waals surface area (Å²) in [5.41, 5.74) is 1.74. The van der Waals surface area contributed by atoms with E-state index in [9.17, 15) is 4.21 Å². The monoisotopic (exact) mass is 488 g/mol. The van der Waals surface area contributed by atoms with Crippen LogP contribution in [0.5, 0.6) is 11.5 Å². The number of fused-ring (bicyclic) bond motifs is 7. The average Bonchev–Trinajstić information content (AvgIpc) is 2.79. The molecule has 26 heavy (non-hydrogen) atoms. The first kappa shape index (κ1) is 16.3. The summed E-state index contributed by atoms with van der Waals surface area (Å²) in [6.07, 6.45) is 0. The van der Waals surface area contributed by atoms with Gasteiger partial charge in [0.1, 0.15) is 0 Å². The minimum Gasteiger partial charge on any atom is -0.369 e. The van der Waals surface area contributed by atoms with Crippen LogP contribution in [0.4, 0.5) is 0 Å². The lowest BCUT2D eigenvalue weighted by Gasteiger charge is -2.15. The third-order valence-corrected chi connectivity index (χ3v) is 6.25. The van der Waals surface area contributed by atoms with E-state index in [-0.39, 0.29) is 0 Å². The predicted molar refractivity (Wildman–Crippen MR) is 112 cm³/mol. The normalized spacial score (nSPS) is 13.6. The first-order valence-electron chi connectivity index (χ1n) is 7.85. The summed E-state index contributed by atoms with van der Waals surface area (Å²) < 4.78 is 25.2. The molecule has 4 aromatic rings. The van der Waals surface area contributed by atoms with E-state index in [2.05, 4.69) is 31.9 Å². The maximum atomic E-state index is 12.4. The summed E-state index contributed by atoms with van der Waals surface area (Å²) in [7, 11) is 0. The van der Waals surface area contributed by atoms with Crippen LogP contribution in [0.2, 0.25) is 0 Å². The van der Waals surface area contributed by atoms with Gasteiger partial charge in [0.05, 0.1) is 8.95 Å². The SMILES string of the molecule is O=S1Oc2c(Br)cc3ccccc3c2-c2c(c(Br)cc3ccccc23)O1. The van der Waals surface area contributed by atoms with Crippen molar-refractivity contribution in [1.29, 1.82) is 0 Å². The van der Waals surface area contributed by atoms with Gasteiger partial charge in [-0.15, -0.1) is 0 Å². The Morgan fingerprint density at radius 1 is 0.692 bits per heavy atom. The zero-order valence-corrected chi connectivity index (χ0v) is 17.2. The number of hydrogen-bond donors (Lipinski definition) is 0. The maximum Gasteiger partial charge on any atom is 0.417 e. The van der Waals surface area contributed by atoms with Crippen LogP contribution < -0.4 is 8.37 Å². The fourth-order valence-corrected chi connectivity index (χ4v) is 5.32. The van der Waals surface area contributed by atoms with Crippen molar-refractivity contribution in [2.45, 2.75) is 0 Å². The van der Waals surface area contributed by atoms with E-state index in [1.54, 1.807) is 0 Å². The third-order valence-electron chi connectivity index (χ3n) is 4.47. The van der Waals surface area contributed by atoms with Crippen molar-refractivity contribution in [1.82, 2.24) is 0 Å². The van der Waals surface area contributed by atoms with Gasteiger partial charge in [0.15, 0.2) is 11.5 Å². The van der Waals surface area contributed by atoms with Gasteiger partial charge in [0, 0.05) is 11.1 Å². The fourth-order valence-electron chi connectivity index (χ4n) is 3.40. The van der Waals surface area contributed by atoms with Gasteiger partial charge in [-0.05, 0) is 65.5 Å². The molecule has 0 N–H and O–H groups in total. The molecule has 5 rings (SSSR count). The minimum atomic E-state index is -1.95. The van der Waals surface area contributed by atoms with Gasteiger partial charge in [-0.2, -0.15) is 4.21 Å². The molecule has 4 aromatic carbocycles. The van der Waals surface area contributed by atoms with Crippen molar-refractivity contribution in [3.05, 3.63) is 69.6 Å². The molecular formula is C20H10Br2O3S. The third kappa shape index (κ3) is 2.40. The van der Waals surface area contributed by atoms with E-state index in [0.717, 1.165) is 41.6 Å². The topological polar surface area (TPSA) is 35.5 Å². The van der Waals surface area contributed by atoms with Gasteiger partial charge in [-0.25, -0.2) is 0 Å². The molecule has 6 heteroatoms. The zero-order valence-electron chi connectivity index (χ0n) is 13.2. The summed E-state index contributed by atoms with van der Waals surface area (Å²) in [6, 6.07) is 20.1. The second-order valence-corrected chi connectivity index (χ2v) is 8.39. The number of rotatable bonds is 0. The first-order chi connectivity index (χ1) is 12.6. The van der Waals surface area contributed by atoms with Gasteiger partial charge in [-0.3, -0.25) is 0 Å². The van der Waals surface area contributed by atoms with E-state index >= 15 is 0 Å². The smallest absolute Gasteiger partial charge is 0.369 e. The Balaban J connectivity index is 2.07. The van der Waals surface area contributed by atoms with Crippen LogP contribution in [0.3, 0.4) is 0 Å². The molecule has 1 aliphatic heterocycles. The van der Waals surface area contributed by atoms with Crippen molar-refractivity contribution in [3.63, 3.8) is 0 Å². The second kappa shape index (κ2) is 6.08. The van der Waals surface area contributed by atoms with Crippen LogP contribution in [0, 0.1) is 0 Å². The molecule has 0 saturated carbocycles. The second-order valence-electron chi connectivity index (χ2n) is 5.94. The molecule has 0 bridgehead atoms. The van der Waals surface area contributed by atoms with Crippen LogP contribution >= 0.6 is 31.9 Å². The number of halogens is 2. The van der Waals surface area contributed by atoms with Crippen molar-refractivity contribution < 1.29 is 12.6 Å². The molecule has 0 fully saturated rings. The first-order valence-corrected chi connectivity index (χ1v) is 10.4. The molecule has 0 radical (unpaired) electrons. The lowest BCUT2D eigenvalue weighted by Crippen LogP contribution is -2.06. The molecule has 1 aliphatic rings. The van der Waals surface area contributed by atoms with Crippen molar-refractivity contribution >= 4 is 64.8 Å². The fraction of sp³-hybridized carbons (Fsp3) is 0. The molecule has 0 amide bonds. The summed E-state index contributed by atoms with van der Waals surface area (Å²) >= 11 is 5.20. The maximum absolute atomic E-state index is 12.4. The summed E-state index contributed by atoms with van der Waals surface area (Å²) in [6.45, 7) is 0. The Kier molecular flexibility index (Phi) is 3.81. The average molecular weight is 490 g/mol. The number of benzene rings is 4. The largest absolute Gasteiger partial charge is 0.417 e. The van der Waals surface area contributed by atoms with Crippen molar-refractivity contribution in [2.75, 3.05) is 0 Å². The molecule has 128 valence electrons. The van der Waals surface area contributed by atoms with Gasteiger partial charge in [0.25, 0.3) is 0 Å². The molecule has 0 unspecified atom stereocenters. The lowest BCUT2D eigenvalue weighted by atomic mass is 9.92. The van der Waals surface area contributed by atoms with Crippen LogP contribution in [-0.4, -0.2) is 4.21 Å². The van der Waals surface area contributed by atoms with E-state index in [1.165, 1.54) is 0 Å². The summed E-state index contributed by atoms with van der Waals surface area (Å²) in [5, 5.41) is 4.14. The van der Waals surface area contributed by atoms with Gasteiger partial charge in [0.2, 0.25) is 0 Å². The molecule has 0 aliphatic carbocycles. The molecule has 0 aromatic heterocycles. The van der Waals surface area contributed by atoms with E-state index in [0.29, 0.717) is 11.5 Å². The highest BCUT2D eigenvalue weighted by Gasteiger charge is 2.29. The Labute approximate surface area is 169 Å². The van der Waals surface area contributed by atoms with Crippen LogP contribution in [0.15, 0.2) is 69.6 Å². The number of hydrogen-bond acceptors (Lipinski definition) is 3. The summed E-state index contributed by atoms with van der Waals surface area (Å²) in [4.78, 5) is 0. The van der Waals surface area contributed by atoms with Crippen molar-refractivity contribution in [2.24, 2.45) is 0 Å². The van der Waals surface area contributed by atoms with E-state index < -0.39 is 11.4 Å². The predicted octanol–water partition coefficient (Wildman–Crippen LogP) is 6.53. The van der Waals surface area contributed by atoms with Crippen LogP contribution in [0.1, 0.15) is 0 Å². The van der Waals surface area contributed by atoms with Crippen molar-refractivity contribution in [3.8, 4) is 22.6 Å². The van der Waals surface area contributed by atoms with E-state index in [4.69, 9.17) is 8.37 Å². The lowest BCUT2D eigenvalue weighted by molar-refractivity contribution is 0.467. The standard InChI is InChI=1S/C20H10Br2O3S/c21-15-9-11-5-1-3-7-13(11)17-18-14-8-4-2-6-12(14)10-16(22)20(18)25-26(23)24-19(15)17/h1-10H. The van der Waals surface area contributed by atoms with Crippen LogP contribution in [-0.2, 0) is 11.4 Å². The molecule has 0 spiro atoms. The summed E-state index contributed by atoms with van der Waals surface area (Å²) in [5.74, 6) is 1.04. The Morgan fingerprint density at radius 3 is 1.58 bits per heavy atom. The van der Waals surface area contributed by atoms with Crippen LogP contribution in [0.25, 0.3) is 32.7 Å². The van der Waals surface area contributed by atoms with E-state index in [1.807, 2.05) is 60.7 Å². The quantitative estimate of drug-likeness (QED) is 0.281. The Morgan fingerprint density at radius 2 is 1.12 bits per heavy atom. The highest BCUT2D eigenvalue weighted by atomic mass is 79.9. The van der Waals surface area contributed by atoms with Gasteiger partial charge >= 0.3 is 11.4 Å². The zero-order chi connectivity index (χ0) is 17.8. The highest BCUT2D eigenvalue weighted by Crippen LogP contribution is 2.52.